The van der Waals surface area contributed by atoms with E-state index >= 15 is 0 Å². The van der Waals surface area contributed by atoms with Gasteiger partial charge in [-0.3, -0.25) is 9.59 Å². The number of hydrogen-bond donors (Lipinski definition) is 3. The summed E-state index contributed by atoms with van der Waals surface area (Å²) in [5.74, 6) is -0.665. The largest absolute Gasteiger partial charge is 0.501 e. The van der Waals surface area contributed by atoms with E-state index in [2.05, 4.69) is 15.3 Å². The minimum atomic E-state index is -0.759. The first-order valence-electron chi connectivity index (χ1n) is 6.39. The van der Waals surface area contributed by atoms with Crippen LogP contribution in [0.3, 0.4) is 0 Å². The standard InChI is InChI=1S/C14H15N3O4/c1-2-21-10-6-4-3-5-9(10)7-15-13(19)11-12(18)14(20)17-8-16-11/h3-6,8,18H,2,7H2,1H3,(H,15,19)(H,16,17,20). The van der Waals surface area contributed by atoms with E-state index in [0.29, 0.717) is 12.4 Å². The van der Waals surface area contributed by atoms with Gasteiger partial charge in [0.25, 0.3) is 11.5 Å². The molecule has 0 fully saturated rings. The van der Waals surface area contributed by atoms with Crippen LogP contribution in [0.2, 0.25) is 0 Å². The van der Waals surface area contributed by atoms with Gasteiger partial charge in [-0.15, -0.1) is 0 Å². The van der Waals surface area contributed by atoms with Gasteiger partial charge in [-0.2, -0.15) is 0 Å². The van der Waals surface area contributed by atoms with Gasteiger partial charge in [-0.1, -0.05) is 18.2 Å². The van der Waals surface area contributed by atoms with E-state index in [0.717, 1.165) is 11.9 Å². The summed E-state index contributed by atoms with van der Waals surface area (Å²) in [5, 5.41) is 12.1. The number of benzene rings is 1. The van der Waals surface area contributed by atoms with Gasteiger partial charge in [-0.05, 0) is 13.0 Å². The molecule has 7 heteroatoms. The Morgan fingerprint density at radius 1 is 1.43 bits per heavy atom. The summed E-state index contributed by atoms with van der Waals surface area (Å²) in [6.07, 6.45) is 1.06. The number of rotatable bonds is 5. The van der Waals surface area contributed by atoms with Crippen LogP contribution in [-0.2, 0) is 6.54 Å². The van der Waals surface area contributed by atoms with Crippen molar-refractivity contribution in [1.82, 2.24) is 15.3 Å². The molecule has 21 heavy (non-hydrogen) atoms. The first kappa shape index (κ1) is 14.6. The van der Waals surface area contributed by atoms with Gasteiger partial charge in [0.1, 0.15) is 5.75 Å². The molecule has 1 heterocycles. The fourth-order valence-electron chi connectivity index (χ4n) is 1.76. The number of ether oxygens (including phenoxy) is 1. The third-order valence-electron chi connectivity index (χ3n) is 2.76. The Hall–Kier alpha value is -2.83. The molecule has 0 aliphatic carbocycles. The van der Waals surface area contributed by atoms with Gasteiger partial charge in [-0.25, -0.2) is 4.98 Å². The Balaban J connectivity index is 2.11. The van der Waals surface area contributed by atoms with Crippen molar-refractivity contribution in [3.05, 3.63) is 52.2 Å². The van der Waals surface area contributed by atoms with Crippen molar-refractivity contribution >= 4 is 5.91 Å². The summed E-state index contributed by atoms with van der Waals surface area (Å²) >= 11 is 0. The Labute approximate surface area is 120 Å². The van der Waals surface area contributed by atoms with Crippen LogP contribution in [0.4, 0.5) is 0 Å². The highest BCUT2D eigenvalue weighted by Crippen LogP contribution is 2.17. The highest BCUT2D eigenvalue weighted by Gasteiger charge is 2.15. The molecule has 0 unspecified atom stereocenters. The van der Waals surface area contributed by atoms with Gasteiger partial charge in [0.15, 0.2) is 5.69 Å². The smallest absolute Gasteiger partial charge is 0.293 e. The van der Waals surface area contributed by atoms with Crippen molar-refractivity contribution in [2.45, 2.75) is 13.5 Å². The third kappa shape index (κ3) is 3.38. The average molecular weight is 289 g/mol. The molecular weight excluding hydrogens is 274 g/mol. The van der Waals surface area contributed by atoms with Crippen molar-refractivity contribution in [2.24, 2.45) is 0 Å². The molecule has 0 saturated carbocycles. The highest BCUT2D eigenvalue weighted by atomic mass is 16.5. The fraction of sp³-hybridized carbons (Fsp3) is 0.214. The minimum absolute atomic E-state index is 0.197. The van der Waals surface area contributed by atoms with E-state index in [1.165, 1.54) is 0 Å². The van der Waals surface area contributed by atoms with Crippen molar-refractivity contribution in [3.8, 4) is 11.5 Å². The summed E-state index contributed by atoms with van der Waals surface area (Å²) in [6.45, 7) is 2.58. The Kier molecular flexibility index (Phi) is 4.55. The molecule has 0 saturated heterocycles. The van der Waals surface area contributed by atoms with Crippen molar-refractivity contribution in [1.29, 1.82) is 0 Å². The van der Waals surface area contributed by atoms with Crippen LogP contribution in [0.5, 0.6) is 11.5 Å². The van der Waals surface area contributed by atoms with E-state index in [-0.39, 0.29) is 12.2 Å². The quantitative estimate of drug-likeness (QED) is 0.755. The zero-order valence-corrected chi connectivity index (χ0v) is 11.4. The molecule has 0 bridgehead atoms. The van der Waals surface area contributed by atoms with E-state index in [9.17, 15) is 14.7 Å². The first-order chi connectivity index (χ1) is 10.1. The number of nitrogens with zero attached hydrogens (tertiary/aromatic N) is 1. The zero-order chi connectivity index (χ0) is 15.2. The number of aromatic amines is 1. The Morgan fingerprint density at radius 2 is 2.19 bits per heavy atom. The number of carbonyl (C=O) groups excluding carboxylic acids is 1. The molecule has 1 amide bonds. The second kappa shape index (κ2) is 6.56. The summed E-state index contributed by atoms with van der Waals surface area (Å²) in [6, 6.07) is 7.28. The van der Waals surface area contributed by atoms with Crippen LogP contribution < -0.4 is 15.6 Å². The second-order valence-corrected chi connectivity index (χ2v) is 4.15. The predicted octanol–water partition coefficient (Wildman–Crippen LogP) is 0.804. The van der Waals surface area contributed by atoms with E-state index < -0.39 is 17.2 Å². The van der Waals surface area contributed by atoms with E-state index in [1.54, 1.807) is 6.07 Å². The molecule has 7 nitrogen and oxygen atoms in total. The lowest BCUT2D eigenvalue weighted by Crippen LogP contribution is -2.26. The molecule has 0 spiro atoms. The number of para-hydroxylation sites is 1. The molecule has 1 aromatic carbocycles. The van der Waals surface area contributed by atoms with Gasteiger partial charge in [0, 0.05) is 12.1 Å². The van der Waals surface area contributed by atoms with Gasteiger partial charge < -0.3 is 20.1 Å². The molecular formula is C14H15N3O4. The lowest BCUT2D eigenvalue weighted by atomic mass is 10.2. The summed E-state index contributed by atoms with van der Waals surface area (Å²) in [7, 11) is 0. The van der Waals surface area contributed by atoms with Crippen LogP contribution in [0.1, 0.15) is 23.0 Å². The lowest BCUT2D eigenvalue weighted by molar-refractivity contribution is 0.0942. The molecule has 110 valence electrons. The fourth-order valence-corrected chi connectivity index (χ4v) is 1.76. The number of H-pyrrole nitrogens is 1. The second-order valence-electron chi connectivity index (χ2n) is 4.15. The normalized spacial score (nSPS) is 10.1. The van der Waals surface area contributed by atoms with Crippen LogP contribution in [0.15, 0.2) is 35.4 Å². The molecule has 0 radical (unpaired) electrons. The monoisotopic (exact) mass is 289 g/mol. The topological polar surface area (TPSA) is 104 Å². The third-order valence-corrected chi connectivity index (χ3v) is 2.76. The number of hydrogen-bond acceptors (Lipinski definition) is 5. The number of aromatic nitrogens is 2. The van der Waals surface area contributed by atoms with Gasteiger partial charge in [0.05, 0.1) is 12.9 Å². The van der Waals surface area contributed by atoms with E-state index in [4.69, 9.17) is 4.74 Å². The van der Waals surface area contributed by atoms with Crippen molar-refractivity contribution < 1.29 is 14.6 Å². The number of nitrogens with one attached hydrogen (secondary N) is 2. The number of aromatic hydroxyl groups is 1. The average Bonchev–Trinajstić information content (AvgIpc) is 2.49. The molecule has 0 aliphatic rings. The van der Waals surface area contributed by atoms with Gasteiger partial charge in [0.2, 0.25) is 5.75 Å². The Bertz CT molecular complexity index is 697. The summed E-state index contributed by atoms with van der Waals surface area (Å²) in [4.78, 5) is 29.0. The molecule has 2 aromatic rings. The summed E-state index contributed by atoms with van der Waals surface area (Å²) < 4.78 is 5.45. The molecule has 0 aliphatic heterocycles. The van der Waals surface area contributed by atoms with Crippen LogP contribution >= 0.6 is 0 Å². The minimum Gasteiger partial charge on any atom is -0.501 e. The molecule has 2 rings (SSSR count). The Morgan fingerprint density at radius 3 is 2.95 bits per heavy atom. The van der Waals surface area contributed by atoms with Crippen molar-refractivity contribution in [2.75, 3.05) is 6.61 Å². The van der Waals surface area contributed by atoms with Crippen LogP contribution in [0, 0.1) is 0 Å². The maximum atomic E-state index is 11.9. The highest BCUT2D eigenvalue weighted by molar-refractivity contribution is 5.94. The zero-order valence-electron chi connectivity index (χ0n) is 11.4. The summed E-state index contributed by atoms with van der Waals surface area (Å²) in [5.41, 5.74) is -0.283. The van der Waals surface area contributed by atoms with Crippen LogP contribution in [-0.4, -0.2) is 27.6 Å². The molecule has 3 N–H and O–H groups in total. The molecule has 0 atom stereocenters. The predicted molar refractivity (Wildman–Crippen MR) is 75.3 cm³/mol. The van der Waals surface area contributed by atoms with Crippen LogP contribution in [0.25, 0.3) is 0 Å². The lowest BCUT2D eigenvalue weighted by Gasteiger charge is -2.10. The van der Waals surface area contributed by atoms with E-state index in [1.807, 2.05) is 25.1 Å². The van der Waals surface area contributed by atoms with Crippen molar-refractivity contribution in [3.63, 3.8) is 0 Å². The maximum Gasteiger partial charge on any atom is 0.293 e. The first-order valence-corrected chi connectivity index (χ1v) is 6.39. The van der Waals surface area contributed by atoms with Gasteiger partial charge >= 0.3 is 0 Å². The number of amides is 1. The maximum absolute atomic E-state index is 11.9. The number of carbonyl (C=O) groups is 1. The SMILES string of the molecule is CCOc1ccccc1CNC(=O)c1nc[nH]c(=O)c1O. The molecule has 1 aromatic heterocycles.